The fourth-order valence-electron chi connectivity index (χ4n) is 3.76. The van der Waals surface area contributed by atoms with E-state index >= 15 is 0 Å². The molecule has 0 spiro atoms. The Morgan fingerprint density at radius 3 is 1.53 bits per heavy atom. The molecule has 0 aliphatic rings. The summed E-state index contributed by atoms with van der Waals surface area (Å²) in [6.07, 6.45) is 4.72. The predicted octanol–water partition coefficient (Wildman–Crippen LogP) is 6.43. The van der Waals surface area contributed by atoms with Crippen molar-refractivity contribution in [2.75, 3.05) is 11.9 Å². The van der Waals surface area contributed by atoms with Gasteiger partial charge in [-0.25, -0.2) is 4.98 Å². The zero-order valence-electron chi connectivity index (χ0n) is 18.7. The second kappa shape index (κ2) is 11.2. The zero-order chi connectivity index (χ0) is 23.0. The third kappa shape index (κ3) is 5.59. The summed E-state index contributed by atoms with van der Waals surface area (Å²) in [6.45, 7) is 0. The van der Waals surface area contributed by atoms with Crippen molar-refractivity contribution in [3.63, 3.8) is 0 Å². The molecule has 5 aromatic rings. The Morgan fingerprint density at radius 1 is 0.559 bits per heavy atom. The van der Waals surface area contributed by atoms with Gasteiger partial charge in [-0.3, -0.25) is 9.97 Å². The van der Waals surface area contributed by atoms with Crippen LogP contribution in [0.15, 0.2) is 126 Å². The van der Waals surface area contributed by atoms with E-state index in [2.05, 4.69) is 82.8 Å². The first-order chi connectivity index (χ1) is 16.9. The number of benzene rings is 2. The molecule has 0 aliphatic heterocycles. The lowest BCUT2D eigenvalue weighted by molar-refractivity contribution is 1.19. The largest absolute Gasteiger partial charge is 0.255 e. The molecule has 5 rings (SSSR count). The third-order valence-corrected chi connectivity index (χ3v) is 9.17. The minimum atomic E-state index is -0.411. The van der Waals surface area contributed by atoms with Gasteiger partial charge in [-0.05, 0) is 61.1 Å². The number of hydrogen-bond acceptors (Lipinski definition) is 4. The van der Waals surface area contributed by atoms with Crippen molar-refractivity contribution in [3.05, 3.63) is 122 Å². The first kappa shape index (κ1) is 22.5. The highest BCUT2D eigenvalue weighted by Gasteiger charge is 2.14. The lowest BCUT2D eigenvalue weighted by Gasteiger charge is -2.18. The number of aromatic nitrogens is 3. The Labute approximate surface area is 206 Å². The summed E-state index contributed by atoms with van der Waals surface area (Å²) in [5, 5.41) is 2.84. The molecule has 2 aromatic carbocycles. The first-order valence-electron chi connectivity index (χ1n) is 11.2. The van der Waals surface area contributed by atoms with Crippen molar-refractivity contribution in [2.24, 2.45) is 0 Å². The maximum Gasteiger partial charge on any atom is 0.0905 e. The van der Waals surface area contributed by atoms with Gasteiger partial charge in [0.15, 0.2) is 0 Å². The molecule has 0 atom stereocenters. The standard InChI is InChI=1S/C29H24N3PS/c1-3-11-23(12-4-1)33(24-13-5-2-6-14-24)19-20-34-25-21-28(26-15-7-9-17-30-26)32-29(22-25)27-16-8-10-18-31-27/h1-18,21-22H,19-20H2. The van der Waals surface area contributed by atoms with Crippen LogP contribution in [0.2, 0.25) is 0 Å². The normalized spacial score (nSPS) is 11.0. The van der Waals surface area contributed by atoms with Crippen LogP contribution in [0.1, 0.15) is 0 Å². The van der Waals surface area contributed by atoms with E-state index < -0.39 is 7.92 Å². The van der Waals surface area contributed by atoms with E-state index in [9.17, 15) is 0 Å². The van der Waals surface area contributed by atoms with Crippen molar-refractivity contribution >= 4 is 30.3 Å². The lowest BCUT2D eigenvalue weighted by atomic mass is 10.2. The minimum Gasteiger partial charge on any atom is -0.255 e. The molecular formula is C29H24N3PS. The Kier molecular flexibility index (Phi) is 7.40. The van der Waals surface area contributed by atoms with Crippen LogP contribution in [0.4, 0.5) is 0 Å². The van der Waals surface area contributed by atoms with Crippen molar-refractivity contribution < 1.29 is 0 Å². The van der Waals surface area contributed by atoms with Crippen LogP contribution in [-0.2, 0) is 0 Å². The highest BCUT2D eigenvalue weighted by molar-refractivity contribution is 7.99. The molecule has 0 bridgehead atoms. The summed E-state index contributed by atoms with van der Waals surface area (Å²) < 4.78 is 0. The summed E-state index contributed by atoms with van der Waals surface area (Å²) in [7, 11) is -0.411. The Morgan fingerprint density at radius 2 is 1.06 bits per heavy atom. The summed E-state index contributed by atoms with van der Waals surface area (Å²) in [5.74, 6) is 1.02. The lowest BCUT2D eigenvalue weighted by Crippen LogP contribution is -2.14. The molecule has 0 amide bonds. The Bertz CT molecular complexity index is 1220. The van der Waals surface area contributed by atoms with E-state index in [1.165, 1.54) is 15.5 Å². The average molecular weight is 478 g/mol. The molecule has 5 heteroatoms. The zero-order valence-corrected chi connectivity index (χ0v) is 20.4. The quantitative estimate of drug-likeness (QED) is 0.191. The average Bonchev–Trinajstić information content (AvgIpc) is 2.93. The molecule has 3 heterocycles. The van der Waals surface area contributed by atoms with Gasteiger partial charge in [-0.15, -0.1) is 11.8 Å². The van der Waals surface area contributed by atoms with Gasteiger partial charge in [-0.1, -0.05) is 72.8 Å². The fraction of sp³-hybridized carbons (Fsp3) is 0.0690. The number of rotatable bonds is 8. The number of pyridine rings is 3. The van der Waals surface area contributed by atoms with Gasteiger partial charge in [0, 0.05) is 23.0 Å². The van der Waals surface area contributed by atoms with E-state index in [1.54, 1.807) is 0 Å². The summed E-state index contributed by atoms with van der Waals surface area (Å²) >= 11 is 1.88. The monoisotopic (exact) mass is 477 g/mol. The van der Waals surface area contributed by atoms with E-state index in [0.29, 0.717) is 0 Å². The molecule has 3 nitrogen and oxygen atoms in total. The summed E-state index contributed by atoms with van der Waals surface area (Å²) in [4.78, 5) is 15.1. The second-order valence-corrected chi connectivity index (χ2v) is 11.2. The first-order valence-corrected chi connectivity index (χ1v) is 13.7. The highest BCUT2D eigenvalue weighted by atomic mass is 32.2. The van der Waals surface area contributed by atoms with Crippen molar-refractivity contribution in [1.82, 2.24) is 15.0 Å². The molecule has 0 saturated heterocycles. The number of hydrogen-bond donors (Lipinski definition) is 0. The predicted molar refractivity (Wildman–Crippen MR) is 145 cm³/mol. The summed E-state index contributed by atoms with van der Waals surface area (Å²) in [5.41, 5.74) is 3.50. The topological polar surface area (TPSA) is 38.7 Å². The van der Waals surface area contributed by atoms with E-state index in [-0.39, 0.29) is 0 Å². The maximum absolute atomic E-state index is 4.88. The molecule has 0 fully saturated rings. The van der Waals surface area contributed by atoms with Gasteiger partial charge >= 0.3 is 0 Å². The summed E-state index contributed by atoms with van der Waals surface area (Å²) in [6, 6.07) is 37.9. The van der Waals surface area contributed by atoms with Crippen LogP contribution in [0.25, 0.3) is 22.8 Å². The Hall–Kier alpha value is -3.33. The number of thioether (sulfide) groups is 1. The second-order valence-electron chi connectivity index (χ2n) is 7.67. The molecule has 34 heavy (non-hydrogen) atoms. The van der Waals surface area contributed by atoms with Gasteiger partial charge in [0.05, 0.1) is 22.8 Å². The number of nitrogens with zero attached hydrogens (tertiary/aromatic N) is 3. The van der Waals surface area contributed by atoms with Gasteiger partial charge in [0.25, 0.3) is 0 Å². The van der Waals surface area contributed by atoms with Crippen LogP contribution >= 0.6 is 19.7 Å². The van der Waals surface area contributed by atoms with Crippen LogP contribution in [0.3, 0.4) is 0 Å². The van der Waals surface area contributed by atoms with Crippen molar-refractivity contribution in [3.8, 4) is 22.8 Å². The van der Waals surface area contributed by atoms with Gasteiger partial charge in [0.1, 0.15) is 0 Å². The van der Waals surface area contributed by atoms with E-state index in [1.807, 2.05) is 60.6 Å². The maximum atomic E-state index is 4.88. The smallest absolute Gasteiger partial charge is 0.0905 e. The third-order valence-electron chi connectivity index (χ3n) is 5.37. The van der Waals surface area contributed by atoms with Crippen LogP contribution in [0, 0.1) is 0 Å². The molecule has 3 aromatic heterocycles. The molecule has 0 unspecified atom stereocenters. The Balaban J connectivity index is 1.41. The van der Waals surface area contributed by atoms with Gasteiger partial charge < -0.3 is 0 Å². The van der Waals surface area contributed by atoms with Crippen LogP contribution in [-0.4, -0.2) is 26.9 Å². The molecule has 0 radical (unpaired) electrons. The van der Waals surface area contributed by atoms with Crippen molar-refractivity contribution in [1.29, 1.82) is 0 Å². The fourth-order valence-corrected chi connectivity index (χ4v) is 7.36. The molecular weight excluding hydrogens is 453 g/mol. The molecule has 0 N–H and O–H groups in total. The molecule has 0 aliphatic carbocycles. The molecule has 166 valence electrons. The van der Waals surface area contributed by atoms with Crippen LogP contribution in [0.5, 0.6) is 0 Å². The molecule has 0 saturated carbocycles. The van der Waals surface area contributed by atoms with Gasteiger partial charge in [-0.2, -0.15) is 0 Å². The van der Waals surface area contributed by atoms with Gasteiger partial charge in [0.2, 0.25) is 0 Å². The van der Waals surface area contributed by atoms with Crippen molar-refractivity contribution in [2.45, 2.75) is 4.90 Å². The van der Waals surface area contributed by atoms with E-state index in [0.717, 1.165) is 34.7 Å². The highest BCUT2D eigenvalue weighted by Crippen LogP contribution is 2.36. The minimum absolute atomic E-state index is 0.411. The van der Waals surface area contributed by atoms with E-state index in [4.69, 9.17) is 4.98 Å². The SMILES string of the molecule is c1ccc(P(CCSc2cc(-c3ccccn3)nc(-c3ccccn3)c2)c2ccccc2)cc1. The van der Waals surface area contributed by atoms with Crippen LogP contribution < -0.4 is 10.6 Å².